The molecule has 29 heavy (non-hydrogen) atoms. The van der Waals surface area contributed by atoms with E-state index in [9.17, 15) is 13.6 Å². The molecule has 148 valence electrons. The molecule has 1 saturated heterocycles. The lowest BCUT2D eigenvalue weighted by Gasteiger charge is -2.35. The van der Waals surface area contributed by atoms with E-state index in [1.165, 1.54) is 18.5 Å². The summed E-state index contributed by atoms with van der Waals surface area (Å²) in [5.41, 5.74) is 0.400. The molecule has 0 atom stereocenters. The molecule has 0 radical (unpaired) electrons. The number of anilines is 3. The molecule has 0 unspecified atom stereocenters. The number of aromatic nitrogens is 3. The molecule has 0 bridgehead atoms. The summed E-state index contributed by atoms with van der Waals surface area (Å²) in [5, 5.41) is 2.67. The maximum Gasteiger partial charge on any atom is 0.257 e. The minimum absolute atomic E-state index is 0.0520. The predicted molar refractivity (Wildman–Crippen MR) is 104 cm³/mol. The third kappa shape index (κ3) is 4.29. The molecule has 9 heteroatoms. The molecule has 1 aromatic carbocycles. The molecule has 0 aliphatic carbocycles. The van der Waals surface area contributed by atoms with Crippen LogP contribution in [0.3, 0.4) is 0 Å². The monoisotopic (exact) mass is 396 g/mol. The standard InChI is InChI=1S/C20H18F2N6O/c21-15-4-5-17(16(22)11-15)26-20-24-12-14(13-25-20)19(29)28-9-7-27(8-10-28)18-3-1-2-6-23-18/h1-6,11-13H,7-10H2,(H,24,25,26). The molecule has 4 rings (SSSR count). The number of nitrogens with zero attached hydrogens (tertiary/aromatic N) is 5. The van der Waals surface area contributed by atoms with Crippen molar-refractivity contribution >= 4 is 23.4 Å². The Hall–Kier alpha value is -3.62. The Kier molecular flexibility index (Phi) is 5.28. The Morgan fingerprint density at radius 3 is 2.38 bits per heavy atom. The molecule has 0 spiro atoms. The fourth-order valence-electron chi connectivity index (χ4n) is 3.08. The highest BCUT2D eigenvalue weighted by Crippen LogP contribution is 2.19. The summed E-state index contributed by atoms with van der Waals surface area (Å²) < 4.78 is 26.7. The number of piperazine rings is 1. The second-order valence-corrected chi connectivity index (χ2v) is 6.51. The quantitative estimate of drug-likeness (QED) is 0.731. The highest BCUT2D eigenvalue weighted by atomic mass is 19.1. The maximum absolute atomic E-state index is 13.7. The van der Waals surface area contributed by atoms with Gasteiger partial charge in [-0.05, 0) is 24.3 Å². The van der Waals surface area contributed by atoms with E-state index >= 15 is 0 Å². The average molecular weight is 396 g/mol. The van der Waals surface area contributed by atoms with E-state index in [2.05, 4.69) is 25.2 Å². The third-order valence-corrected chi connectivity index (χ3v) is 4.62. The van der Waals surface area contributed by atoms with Crippen LogP contribution in [-0.4, -0.2) is 51.9 Å². The van der Waals surface area contributed by atoms with E-state index in [4.69, 9.17) is 0 Å². The minimum Gasteiger partial charge on any atom is -0.353 e. The van der Waals surface area contributed by atoms with Crippen molar-refractivity contribution in [1.82, 2.24) is 19.9 Å². The Morgan fingerprint density at radius 2 is 1.72 bits per heavy atom. The predicted octanol–water partition coefficient (Wildman–Crippen LogP) is 2.86. The van der Waals surface area contributed by atoms with E-state index in [1.54, 1.807) is 11.1 Å². The van der Waals surface area contributed by atoms with Gasteiger partial charge in [0.1, 0.15) is 17.5 Å². The van der Waals surface area contributed by atoms with Gasteiger partial charge in [0, 0.05) is 50.8 Å². The normalized spacial score (nSPS) is 14.0. The van der Waals surface area contributed by atoms with Crippen molar-refractivity contribution in [3.8, 4) is 0 Å². The lowest BCUT2D eigenvalue weighted by Crippen LogP contribution is -2.49. The van der Waals surface area contributed by atoms with Crippen molar-refractivity contribution in [3.63, 3.8) is 0 Å². The summed E-state index contributed by atoms with van der Waals surface area (Å²) in [4.78, 5) is 29.0. The van der Waals surface area contributed by atoms with Gasteiger partial charge in [0.25, 0.3) is 5.91 Å². The van der Waals surface area contributed by atoms with E-state index < -0.39 is 11.6 Å². The lowest BCUT2D eigenvalue weighted by molar-refractivity contribution is 0.0745. The molecule has 1 N–H and O–H groups in total. The molecular weight excluding hydrogens is 378 g/mol. The first-order chi connectivity index (χ1) is 14.1. The van der Waals surface area contributed by atoms with Crippen molar-refractivity contribution in [2.75, 3.05) is 36.4 Å². The number of pyridine rings is 1. The largest absolute Gasteiger partial charge is 0.353 e. The van der Waals surface area contributed by atoms with E-state index in [0.717, 1.165) is 18.0 Å². The summed E-state index contributed by atoms with van der Waals surface area (Å²) in [6.45, 7) is 2.51. The van der Waals surface area contributed by atoms with Crippen LogP contribution in [0.5, 0.6) is 0 Å². The molecule has 2 aromatic heterocycles. The van der Waals surface area contributed by atoms with Gasteiger partial charge in [-0.25, -0.2) is 23.7 Å². The van der Waals surface area contributed by atoms with Crippen molar-refractivity contribution in [1.29, 1.82) is 0 Å². The molecule has 1 amide bonds. The number of rotatable bonds is 4. The topological polar surface area (TPSA) is 74.2 Å². The van der Waals surface area contributed by atoms with Gasteiger partial charge in [-0.15, -0.1) is 0 Å². The summed E-state index contributed by atoms with van der Waals surface area (Å²) in [6.07, 6.45) is 4.53. The Bertz CT molecular complexity index is 992. The molecule has 1 fully saturated rings. The van der Waals surface area contributed by atoms with Crippen LogP contribution in [0.25, 0.3) is 0 Å². The fraction of sp³-hybridized carbons (Fsp3) is 0.200. The van der Waals surface area contributed by atoms with Crippen LogP contribution in [-0.2, 0) is 0 Å². The number of hydrogen-bond donors (Lipinski definition) is 1. The van der Waals surface area contributed by atoms with Crippen LogP contribution in [0.15, 0.2) is 55.0 Å². The summed E-state index contributed by atoms with van der Waals surface area (Å²) >= 11 is 0. The van der Waals surface area contributed by atoms with Gasteiger partial charge in [0.15, 0.2) is 0 Å². The Labute approximate surface area is 166 Å². The lowest BCUT2D eigenvalue weighted by atomic mass is 10.2. The number of carbonyl (C=O) groups excluding carboxylic acids is 1. The zero-order valence-corrected chi connectivity index (χ0v) is 15.4. The molecule has 3 heterocycles. The number of nitrogens with one attached hydrogen (secondary N) is 1. The van der Waals surface area contributed by atoms with Crippen molar-refractivity contribution < 1.29 is 13.6 Å². The van der Waals surface area contributed by atoms with Crippen LogP contribution < -0.4 is 10.2 Å². The number of benzene rings is 1. The van der Waals surface area contributed by atoms with Crippen LogP contribution >= 0.6 is 0 Å². The first-order valence-electron chi connectivity index (χ1n) is 9.09. The fourth-order valence-corrected chi connectivity index (χ4v) is 3.08. The molecule has 1 aliphatic rings. The van der Waals surface area contributed by atoms with Gasteiger partial charge in [-0.1, -0.05) is 6.07 Å². The van der Waals surface area contributed by atoms with Crippen molar-refractivity contribution in [2.24, 2.45) is 0 Å². The third-order valence-electron chi connectivity index (χ3n) is 4.62. The van der Waals surface area contributed by atoms with Gasteiger partial charge in [-0.3, -0.25) is 4.79 Å². The van der Waals surface area contributed by atoms with Crippen molar-refractivity contribution in [2.45, 2.75) is 0 Å². The van der Waals surface area contributed by atoms with Gasteiger partial charge < -0.3 is 15.1 Å². The van der Waals surface area contributed by atoms with E-state index in [-0.39, 0.29) is 17.5 Å². The number of amides is 1. The molecular formula is C20H18F2N6O. The summed E-state index contributed by atoms with van der Waals surface area (Å²) in [5.74, 6) is -0.568. The molecule has 0 saturated carbocycles. The van der Waals surface area contributed by atoms with Crippen LogP contribution in [0.2, 0.25) is 0 Å². The molecule has 1 aliphatic heterocycles. The van der Waals surface area contributed by atoms with Crippen LogP contribution in [0.1, 0.15) is 10.4 Å². The number of halogens is 2. The SMILES string of the molecule is O=C(c1cnc(Nc2ccc(F)cc2F)nc1)N1CCN(c2ccccn2)CC1. The first-order valence-corrected chi connectivity index (χ1v) is 9.09. The zero-order valence-electron chi connectivity index (χ0n) is 15.4. The number of carbonyl (C=O) groups is 1. The smallest absolute Gasteiger partial charge is 0.257 e. The highest BCUT2D eigenvalue weighted by Gasteiger charge is 2.23. The average Bonchev–Trinajstić information content (AvgIpc) is 2.76. The molecule has 7 nitrogen and oxygen atoms in total. The van der Waals surface area contributed by atoms with Crippen molar-refractivity contribution in [3.05, 3.63) is 72.2 Å². The van der Waals surface area contributed by atoms with Gasteiger partial charge >= 0.3 is 0 Å². The van der Waals surface area contributed by atoms with E-state index in [1.807, 2.05) is 18.2 Å². The van der Waals surface area contributed by atoms with Crippen LogP contribution in [0.4, 0.5) is 26.2 Å². The summed E-state index contributed by atoms with van der Waals surface area (Å²) in [6, 6.07) is 8.91. The van der Waals surface area contributed by atoms with Gasteiger partial charge in [0.05, 0.1) is 11.3 Å². The summed E-state index contributed by atoms with van der Waals surface area (Å²) in [7, 11) is 0. The first kappa shape index (κ1) is 18.7. The highest BCUT2D eigenvalue weighted by molar-refractivity contribution is 5.93. The molecule has 3 aromatic rings. The second kappa shape index (κ2) is 8.17. The minimum atomic E-state index is -0.750. The maximum atomic E-state index is 13.7. The Morgan fingerprint density at radius 1 is 0.966 bits per heavy atom. The zero-order chi connectivity index (χ0) is 20.2. The Balaban J connectivity index is 1.37. The van der Waals surface area contributed by atoms with E-state index in [0.29, 0.717) is 31.7 Å². The van der Waals surface area contributed by atoms with Gasteiger partial charge in [-0.2, -0.15) is 0 Å². The second-order valence-electron chi connectivity index (χ2n) is 6.51. The number of hydrogen-bond acceptors (Lipinski definition) is 6. The van der Waals surface area contributed by atoms with Gasteiger partial charge in [0.2, 0.25) is 5.95 Å². The van der Waals surface area contributed by atoms with Crippen LogP contribution in [0, 0.1) is 11.6 Å².